The maximum atomic E-state index is 12.8. The van der Waals surface area contributed by atoms with Gasteiger partial charge >= 0.3 is 12.1 Å². The van der Waals surface area contributed by atoms with E-state index in [-0.39, 0.29) is 63.8 Å². The first-order valence-corrected chi connectivity index (χ1v) is 9.43. The number of carboxylic acid groups (broad SMARTS) is 1. The van der Waals surface area contributed by atoms with Crippen molar-refractivity contribution in [2.75, 3.05) is 6.61 Å². The molecule has 0 saturated heterocycles. The van der Waals surface area contributed by atoms with E-state index in [0.29, 0.717) is 0 Å². The van der Waals surface area contributed by atoms with Crippen molar-refractivity contribution in [1.29, 1.82) is 0 Å². The summed E-state index contributed by atoms with van der Waals surface area (Å²) in [5, 5.41) is 18.6. The summed E-state index contributed by atoms with van der Waals surface area (Å²) in [5.74, 6) is -1.40. The quantitative estimate of drug-likeness (QED) is 0.476. The van der Waals surface area contributed by atoms with Crippen molar-refractivity contribution in [2.45, 2.75) is 25.4 Å². The van der Waals surface area contributed by atoms with Crippen LogP contribution in [-0.2, 0) is 11.2 Å². The van der Waals surface area contributed by atoms with Crippen LogP contribution in [-0.4, -0.2) is 29.0 Å². The molecule has 6 nitrogen and oxygen atoms in total. The van der Waals surface area contributed by atoms with E-state index in [1.165, 1.54) is 24.3 Å². The van der Waals surface area contributed by atoms with Crippen LogP contribution in [0, 0.1) is 0 Å². The number of phenols is 1. The third-order valence-corrected chi connectivity index (χ3v) is 4.61. The molecule has 0 bridgehead atoms. The lowest BCUT2D eigenvalue weighted by Gasteiger charge is -2.14. The van der Waals surface area contributed by atoms with Gasteiger partial charge in [-0.1, -0.05) is 17.7 Å². The Labute approximate surface area is 178 Å². The number of benzene rings is 2. The van der Waals surface area contributed by atoms with Gasteiger partial charge in [-0.25, -0.2) is 0 Å². The lowest BCUT2D eigenvalue weighted by molar-refractivity contribution is -0.137. The number of rotatable bonds is 7. The molecule has 0 saturated carbocycles. The van der Waals surface area contributed by atoms with Crippen molar-refractivity contribution in [2.24, 2.45) is 0 Å². The van der Waals surface area contributed by atoms with Crippen molar-refractivity contribution in [1.82, 2.24) is 0 Å². The second kappa shape index (κ2) is 8.89. The predicted octanol–water partition coefficient (Wildman–Crippen LogP) is 5.17. The van der Waals surface area contributed by atoms with E-state index in [9.17, 15) is 27.9 Å². The van der Waals surface area contributed by atoms with Crippen molar-refractivity contribution >= 4 is 28.5 Å². The van der Waals surface area contributed by atoms with Gasteiger partial charge in [0.25, 0.3) is 0 Å². The lowest BCUT2D eigenvalue weighted by atomic mass is 10.0. The van der Waals surface area contributed by atoms with Gasteiger partial charge in [0.05, 0.1) is 23.6 Å². The van der Waals surface area contributed by atoms with Crippen LogP contribution in [0.2, 0.25) is 5.02 Å². The molecule has 0 unspecified atom stereocenters. The maximum absolute atomic E-state index is 12.8. The summed E-state index contributed by atoms with van der Waals surface area (Å²) < 4.78 is 49.6. The number of carboxylic acids is 1. The number of fused-ring (bicyclic) bond motifs is 1. The van der Waals surface area contributed by atoms with Gasteiger partial charge in [0.1, 0.15) is 22.6 Å². The number of alkyl halides is 3. The highest BCUT2D eigenvalue weighted by atomic mass is 35.5. The molecule has 3 aromatic rings. The monoisotopic (exact) mass is 456 g/mol. The Morgan fingerprint density at radius 2 is 1.90 bits per heavy atom. The normalized spacial score (nSPS) is 11.6. The number of hydrogen-bond donors (Lipinski definition) is 2. The number of ether oxygens (including phenoxy) is 1. The lowest BCUT2D eigenvalue weighted by Crippen LogP contribution is -2.12. The van der Waals surface area contributed by atoms with Gasteiger partial charge in [-0.15, -0.1) is 0 Å². The molecule has 0 atom stereocenters. The summed E-state index contributed by atoms with van der Waals surface area (Å²) in [6.45, 7) is -0.0753. The molecule has 2 aromatic carbocycles. The summed E-state index contributed by atoms with van der Waals surface area (Å²) in [7, 11) is 0. The Balaban J connectivity index is 2.07. The van der Waals surface area contributed by atoms with Gasteiger partial charge in [0.15, 0.2) is 11.0 Å². The molecule has 2 N–H and O–H groups in total. The van der Waals surface area contributed by atoms with Gasteiger partial charge in [-0.3, -0.25) is 9.59 Å². The topological polar surface area (TPSA) is 97.0 Å². The third kappa shape index (κ3) is 5.49. The molecule has 0 aliphatic carbocycles. The molecule has 0 amide bonds. The van der Waals surface area contributed by atoms with E-state index in [1.54, 1.807) is 0 Å². The van der Waals surface area contributed by atoms with E-state index in [2.05, 4.69) is 0 Å². The number of phenolic OH excluding ortho intramolecular Hbond substituents is 1. The number of hydrogen-bond acceptors (Lipinski definition) is 5. The number of aliphatic carboxylic acids is 1. The molecule has 0 fully saturated rings. The molecule has 31 heavy (non-hydrogen) atoms. The smallest absolute Gasteiger partial charge is 0.393 e. The van der Waals surface area contributed by atoms with Gasteiger partial charge in [-0.2, -0.15) is 13.2 Å². The van der Waals surface area contributed by atoms with Crippen molar-refractivity contribution < 1.29 is 37.3 Å². The van der Waals surface area contributed by atoms with Gasteiger partial charge in [-0.05, 0) is 36.2 Å². The molecule has 10 heteroatoms. The summed E-state index contributed by atoms with van der Waals surface area (Å²) in [6.07, 6.45) is -5.69. The molecule has 0 aliphatic heterocycles. The van der Waals surface area contributed by atoms with E-state index >= 15 is 0 Å². The zero-order chi connectivity index (χ0) is 22.8. The highest BCUT2D eigenvalue weighted by Crippen LogP contribution is 2.36. The number of halogens is 4. The Morgan fingerprint density at radius 1 is 1.16 bits per heavy atom. The summed E-state index contributed by atoms with van der Waals surface area (Å²) in [6, 6.07) is 7.35. The summed E-state index contributed by atoms with van der Waals surface area (Å²) >= 11 is 6.07. The SMILES string of the molecule is O=C(O)CCCOc1cc(CC(F)(F)F)ccc1-c1cc(=O)c2c(O)ccc(Cl)c2o1. The van der Waals surface area contributed by atoms with Gasteiger partial charge in [0.2, 0.25) is 0 Å². The first-order valence-electron chi connectivity index (χ1n) is 9.05. The molecule has 164 valence electrons. The number of carbonyl (C=O) groups is 1. The van der Waals surface area contributed by atoms with Crippen LogP contribution in [0.15, 0.2) is 45.6 Å². The minimum Gasteiger partial charge on any atom is -0.507 e. The first kappa shape index (κ1) is 22.5. The Hall–Kier alpha value is -3.20. The highest BCUT2D eigenvalue weighted by Gasteiger charge is 2.28. The fourth-order valence-electron chi connectivity index (χ4n) is 2.98. The molecule has 0 spiro atoms. The zero-order valence-electron chi connectivity index (χ0n) is 15.8. The van der Waals surface area contributed by atoms with E-state index in [4.69, 9.17) is 25.9 Å². The average Bonchev–Trinajstić information content (AvgIpc) is 2.66. The molecule has 3 rings (SSSR count). The van der Waals surface area contributed by atoms with Crippen LogP contribution in [0.4, 0.5) is 13.2 Å². The van der Waals surface area contributed by atoms with E-state index in [1.807, 2.05) is 0 Å². The standard InChI is InChI=1S/C21H16ClF3O6/c22-13-5-6-14(26)19-15(27)9-17(31-20(13)19)12-4-3-11(10-21(23,24)25)8-16(12)30-7-1-2-18(28)29/h3-6,8-9,26H,1-2,7,10H2,(H,28,29). The molecule has 1 heterocycles. The van der Waals surface area contributed by atoms with Crippen LogP contribution in [0.5, 0.6) is 11.5 Å². The second-order valence-corrected chi connectivity index (χ2v) is 7.12. The molecule has 1 aromatic heterocycles. The van der Waals surface area contributed by atoms with Crippen LogP contribution >= 0.6 is 11.6 Å². The highest BCUT2D eigenvalue weighted by molar-refractivity contribution is 6.35. The zero-order valence-corrected chi connectivity index (χ0v) is 16.6. The summed E-state index contributed by atoms with van der Waals surface area (Å²) in [5.41, 5.74) is -0.587. The van der Waals surface area contributed by atoms with E-state index in [0.717, 1.165) is 12.1 Å². The molecular weight excluding hydrogens is 441 g/mol. The van der Waals surface area contributed by atoms with Crippen molar-refractivity contribution in [3.05, 3.63) is 57.2 Å². The predicted molar refractivity (Wildman–Crippen MR) is 107 cm³/mol. The molecular formula is C21H16ClF3O6. The Kier molecular flexibility index (Phi) is 6.45. The van der Waals surface area contributed by atoms with Crippen LogP contribution in [0.1, 0.15) is 18.4 Å². The Bertz CT molecular complexity index is 1190. The largest absolute Gasteiger partial charge is 0.507 e. The average molecular weight is 457 g/mol. The number of aromatic hydroxyl groups is 1. The maximum Gasteiger partial charge on any atom is 0.393 e. The summed E-state index contributed by atoms with van der Waals surface area (Å²) in [4.78, 5) is 23.2. The van der Waals surface area contributed by atoms with Gasteiger partial charge < -0.3 is 19.4 Å². The minimum absolute atomic E-state index is 0.00841. The molecule has 0 radical (unpaired) electrons. The molecule has 0 aliphatic rings. The fraction of sp³-hybridized carbons (Fsp3) is 0.238. The van der Waals surface area contributed by atoms with Crippen molar-refractivity contribution in [3.63, 3.8) is 0 Å². The van der Waals surface area contributed by atoms with E-state index < -0.39 is 24.0 Å². The van der Waals surface area contributed by atoms with Crippen LogP contribution < -0.4 is 10.2 Å². The Morgan fingerprint density at radius 3 is 2.58 bits per heavy atom. The second-order valence-electron chi connectivity index (χ2n) is 6.71. The first-order chi connectivity index (χ1) is 14.5. The minimum atomic E-state index is -4.44. The van der Waals surface area contributed by atoms with Gasteiger partial charge in [0, 0.05) is 12.5 Å². The van der Waals surface area contributed by atoms with Crippen LogP contribution in [0.25, 0.3) is 22.3 Å². The third-order valence-electron chi connectivity index (χ3n) is 4.32. The van der Waals surface area contributed by atoms with Crippen LogP contribution in [0.3, 0.4) is 0 Å². The fourth-order valence-corrected chi connectivity index (χ4v) is 3.18. The van der Waals surface area contributed by atoms with Crippen molar-refractivity contribution in [3.8, 4) is 22.8 Å².